The number of carbonyl (C=O) groups is 8. The van der Waals surface area contributed by atoms with Crippen molar-refractivity contribution < 1.29 is 43.5 Å². The first-order chi connectivity index (χ1) is 17.2. The number of nitrogens with two attached hydrogens (primary N) is 4. The Morgan fingerprint density at radius 3 is 1.81 bits per heavy atom. The fraction of sp³-hybridized carbons (Fsp3) is 0.579. The van der Waals surface area contributed by atoms with Crippen LogP contribution in [-0.4, -0.2) is 96.2 Å². The van der Waals surface area contributed by atoms with Crippen molar-refractivity contribution in [3.8, 4) is 0 Å². The molecule has 0 aliphatic heterocycles. The topological polar surface area (TPSA) is 321 Å². The third-order valence-electron chi connectivity index (χ3n) is 4.57. The number of hydrogen-bond donors (Lipinski definition) is 10. The van der Waals surface area contributed by atoms with Gasteiger partial charge in [0.05, 0.1) is 32.2 Å². The maximum absolute atomic E-state index is 12.4. The van der Waals surface area contributed by atoms with E-state index in [1.165, 1.54) is 6.92 Å². The summed E-state index contributed by atoms with van der Waals surface area (Å²) in [6.07, 6.45) is -0.813. The zero-order valence-corrected chi connectivity index (χ0v) is 20.1. The van der Waals surface area contributed by atoms with Crippen LogP contribution in [0.15, 0.2) is 0 Å². The van der Waals surface area contributed by atoms with Crippen LogP contribution in [0.1, 0.15) is 26.2 Å². The van der Waals surface area contributed by atoms with Crippen LogP contribution < -0.4 is 49.5 Å². The van der Waals surface area contributed by atoms with E-state index < -0.39 is 97.5 Å². The van der Waals surface area contributed by atoms with Gasteiger partial charge in [-0.05, 0) is 13.3 Å². The summed E-state index contributed by atoms with van der Waals surface area (Å²) in [6.45, 7) is -0.868. The summed E-state index contributed by atoms with van der Waals surface area (Å²) in [6, 6.07) is -5.35. The molecule has 0 spiro atoms. The molecule has 0 radical (unpaired) electrons. The molecular weight excluding hydrogens is 498 g/mol. The van der Waals surface area contributed by atoms with Crippen molar-refractivity contribution in [2.24, 2.45) is 22.9 Å². The van der Waals surface area contributed by atoms with Crippen molar-refractivity contribution in [2.75, 3.05) is 19.7 Å². The summed E-state index contributed by atoms with van der Waals surface area (Å²) < 4.78 is 0. The van der Waals surface area contributed by atoms with E-state index in [0.717, 1.165) is 0 Å². The van der Waals surface area contributed by atoms with Gasteiger partial charge in [0.2, 0.25) is 47.3 Å². The van der Waals surface area contributed by atoms with Gasteiger partial charge in [-0.2, -0.15) is 0 Å². The first-order valence-corrected chi connectivity index (χ1v) is 10.8. The number of carbonyl (C=O) groups excluding carboxylic acids is 8. The molecule has 0 heterocycles. The van der Waals surface area contributed by atoms with E-state index in [1.807, 2.05) is 0 Å². The Morgan fingerprint density at radius 2 is 1.30 bits per heavy atom. The Balaban J connectivity index is 4.78. The molecule has 37 heavy (non-hydrogen) atoms. The van der Waals surface area contributed by atoms with Crippen molar-refractivity contribution in [2.45, 2.75) is 50.4 Å². The zero-order chi connectivity index (χ0) is 28.7. The lowest BCUT2D eigenvalue weighted by atomic mass is 10.1. The first kappa shape index (κ1) is 32.7. The van der Waals surface area contributed by atoms with Gasteiger partial charge in [-0.3, -0.25) is 38.4 Å². The molecular formula is C19H33N9O9. The molecule has 0 rings (SSSR count). The molecule has 0 aromatic heterocycles. The zero-order valence-electron chi connectivity index (χ0n) is 20.1. The third kappa shape index (κ3) is 14.0. The highest BCUT2D eigenvalue weighted by atomic mass is 16.3. The Bertz CT molecular complexity index is 896. The molecule has 18 heteroatoms. The molecule has 0 saturated heterocycles. The van der Waals surface area contributed by atoms with Gasteiger partial charge in [0.15, 0.2) is 0 Å². The minimum atomic E-state index is -1.59. The Labute approximate surface area is 211 Å². The van der Waals surface area contributed by atoms with Gasteiger partial charge >= 0.3 is 0 Å². The summed E-state index contributed by atoms with van der Waals surface area (Å²) in [5.41, 5.74) is 20.6. The second-order valence-corrected chi connectivity index (χ2v) is 7.77. The monoisotopic (exact) mass is 531 g/mol. The highest BCUT2D eigenvalue weighted by molar-refractivity contribution is 5.96. The molecule has 8 amide bonds. The van der Waals surface area contributed by atoms with E-state index in [4.69, 9.17) is 22.9 Å². The molecule has 0 fully saturated rings. The molecule has 0 aromatic carbocycles. The van der Waals surface area contributed by atoms with Crippen molar-refractivity contribution in [1.82, 2.24) is 26.6 Å². The molecule has 0 saturated carbocycles. The average molecular weight is 532 g/mol. The van der Waals surface area contributed by atoms with Crippen LogP contribution in [0.2, 0.25) is 0 Å². The number of hydrogen-bond acceptors (Lipinski definition) is 10. The summed E-state index contributed by atoms with van der Waals surface area (Å²) in [5, 5.41) is 20.2. The highest BCUT2D eigenvalue weighted by Gasteiger charge is 2.29. The molecule has 14 N–H and O–H groups in total. The van der Waals surface area contributed by atoms with Gasteiger partial charge in [0.25, 0.3) is 0 Å². The second-order valence-electron chi connectivity index (χ2n) is 7.77. The van der Waals surface area contributed by atoms with Gasteiger partial charge in [-0.25, -0.2) is 0 Å². The second kappa shape index (κ2) is 16.4. The first-order valence-electron chi connectivity index (χ1n) is 10.8. The van der Waals surface area contributed by atoms with E-state index in [1.54, 1.807) is 0 Å². The molecule has 0 unspecified atom stereocenters. The van der Waals surface area contributed by atoms with Crippen LogP contribution in [-0.2, 0) is 38.4 Å². The van der Waals surface area contributed by atoms with E-state index in [2.05, 4.69) is 26.6 Å². The van der Waals surface area contributed by atoms with E-state index >= 15 is 0 Å². The van der Waals surface area contributed by atoms with Gasteiger partial charge in [0.1, 0.15) is 18.1 Å². The van der Waals surface area contributed by atoms with Crippen LogP contribution in [0, 0.1) is 0 Å². The summed E-state index contributed by atoms with van der Waals surface area (Å²) in [4.78, 5) is 93.4. The van der Waals surface area contributed by atoms with Crippen molar-refractivity contribution >= 4 is 47.3 Å². The molecule has 18 nitrogen and oxygen atoms in total. The fourth-order valence-corrected chi connectivity index (χ4v) is 2.48. The predicted octanol–water partition coefficient (Wildman–Crippen LogP) is -7.36. The minimum Gasteiger partial charge on any atom is -0.394 e. The number of rotatable bonds is 17. The quantitative estimate of drug-likeness (QED) is 0.0844. The molecule has 0 bridgehead atoms. The molecule has 208 valence electrons. The number of aliphatic hydroxyl groups excluding tert-OH is 1. The van der Waals surface area contributed by atoms with E-state index in [-0.39, 0.29) is 12.8 Å². The lowest BCUT2D eigenvalue weighted by Gasteiger charge is -2.22. The van der Waals surface area contributed by atoms with Gasteiger partial charge in [-0.15, -0.1) is 0 Å². The Hall–Kier alpha value is -4.32. The van der Waals surface area contributed by atoms with Gasteiger partial charge in [-0.1, -0.05) is 0 Å². The number of nitrogens with one attached hydrogen (secondary N) is 5. The third-order valence-corrected chi connectivity index (χ3v) is 4.57. The Morgan fingerprint density at radius 1 is 0.730 bits per heavy atom. The SMILES string of the molecule is C[C@H](NC(=O)[C@H](CC(N)=O)NC(=O)[C@H](CO)NC(=O)CNC(=O)CNC(=O)[C@@H](N)CCC(N)=O)C(N)=O. The number of primary amides is 3. The average Bonchev–Trinajstić information content (AvgIpc) is 2.81. The van der Waals surface area contributed by atoms with Gasteiger partial charge < -0.3 is 54.6 Å². The van der Waals surface area contributed by atoms with Crippen molar-refractivity contribution in [3.05, 3.63) is 0 Å². The van der Waals surface area contributed by atoms with Crippen molar-refractivity contribution in [1.29, 1.82) is 0 Å². The normalized spacial score (nSPS) is 13.6. The smallest absolute Gasteiger partial charge is 0.245 e. The van der Waals surface area contributed by atoms with Crippen LogP contribution >= 0.6 is 0 Å². The number of amides is 8. The standard InChI is InChI=1S/C19H33N9O9/c1-8(16(23)34)26-18(36)10(4-13(22)31)28-19(37)11(7-29)27-15(33)6-24-14(32)5-25-17(35)9(20)2-3-12(21)30/h8-11,29H,2-7,20H2,1H3,(H2,21,30)(H2,22,31)(H2,23,34)(H,24,32)(H,25,35)(H,26,36)(H,27,33)(H,28,37)/t8-,9-,10-,11-/m0/s1. The van der Waals surface area contributed by atoms with E-state index in [0.29, 0.717) is 0 Å². The fourth-order valence-electron chi connectivity index (χ4n) is 2.48. The summed E-state index contributed by atoms with van der Waals surface area (Å²) in [7, 11) is 0. The minimum absolute atomic E-state index is 0.0259. The summed E-state index contributed by atoms with van der Waals surface area (Å²) in [5.74, 6) is -6.99. The van der Waals surface area contributed by atoms with Crippen LogP contribution in [0.3, 0.4) is 0 Å². The largest absolute Gasteiger partial charge is 0.394 e. The molecule has 4 atom stereocenters. The lowest BCUT2D eigenvalue weighted by Crippen LogP contribution is -2.58. The maximum Gasteiger partial charge on any atom is 0.245 e. The Kier molecular flexibility index (Phi) is 14.5. The van der Waals surface area contributed by atoms with Crippen LogP contribution in [0.25, 0.3) is 0 Å². The molecule has 0 aliphatic rings. The molecule has 0 aliphatic carbocycles. The lowest BCUT2D eigenvalue weighted by molar-refractivity contribution is -0.135. The predicted molar refractivity (Wildman–Crippen MR) is 124 cm³/mol. The maximum atomic E-state index is 12.4. The van der Waals surface area contributed by atoms with Crippen LogP contribution in [0.5, 0.6) is 0 Å². The van der Waals surface area contributed by atoms with Crippen LogP contribution in [0.4, 0.5) is 0 Å². The van der Waals surface area contributed by atoms with E-state index in [9.17, 15) is 43.5 Å². The summed E-state index contributed by atoms with van der Waals surface area (Å²) >= 11 is 0. The highest BCUT2D eigenvalue weighted by Crippen LogP contribution is 1.97. The van der Waals surface area contributed by atoms with Crippen molar-refractivity contribution in [3.63, 3.8) is 0 Å². The van der Waals surface area contributed by atoms with Gasteiger partial charge in [0, 0.05) is 6.42 Å². The number of aliphatic hydroxyl groups is 1. The molecule has 0 aromatic rings.